The molecule has 5 atom stereocenters. The van der Waals surface area contributed by atoms with E-state index in [-0.39, 0.29) is 19.3 Å². The quantitative estimate of drug-likeness (QED) is 0.0146. The van der Waals surface area contributed by atoms with Gasteiger partial charge in [0.1, 0.15) is 25.4 Å². The number of phosphoric acid groups is 2. The fourth-order valence-electron chi connectivity index (χ4n) is 12.2. The van der Waals surface area contributed by atoms with Crippen LogP contribution in [-0.4, -0.2) is 95.9 Å². The number of esters is 3. The van der Waals surface area contributed by atoms with Gasteiger partial charge < -0.3 is 34.2 Å². The van der Waals surface area contributed by atoms with E-state index in [4.69, 9.17) is 32.3 Å². The van der Waals surface area contributed by atoms with Gasteiger partial charge in [0, 0.05) is 19.3 Å². The molecule has 0 aliphatic rings. The lowest BCUT2D eigenvalue weighted by atomic mass is 10.0. The summed E-state index contributed by atoms with van der Waals surface area (Å²) in [5.41, 5.74) is 0. The molecular weight excluding hydrogens is 1460 g/mol. The highest BCUT2D eigenvalue weighted by atomic mass is 31.2. The van der Waals surface area contributed by atoms with Crippen molar-refractivity contribution in [3.63, 3.8) is 0 Å². The van der Waals surface area contributed by atoms with Gasteiger partial charge in [-0.1, -0.05) is 359 Å². The fourth-order valence-corrected chi connectivity index (χ4v) is 13.8. The average molecular weight is 1620 g/mol. The molecule has 16 nitrogen and oxygen atoms in total. The van der Waals surface area contributed by atoms with Crippen molar-refractivity contribution in [1.82, 2.24) is 0 Å². The minimum atomic E-state index is -4.95. The molecule has 18 heteroatoms. The Balaban J connectivity index is 4.59. The highest BCUT2D eigenvalue weighted by Crippen LogP contribution is 2.45. The molecular formula is C95H164O16P2. The number of hydrogen-bond acceptors (Lipinski definition) is 14. The topological polar surface area (TPSA) is 231 Å². The fraction of sp³-hybridized carbons (Fsp3) is 0.716. The Morgan fingerprint density at radius 3 is 0.743 bits per heavy atom. The van der Waals surface area contributed by atoms with Crippen molar-refractivity contribution in [1.29, 1.82) is 0 Å². The molecule has 0 aliphatic heterocycles. The van der Waals surface area contributed by atoms with Gasteiger partial charge in [0.25, 0.3) is 0 Å². The number of allylic oxidation sites excluding steroid dienone is 24. The summed E-state index contributed by atoms with van der Waals surface area (Å²) in [5.74, 6) is -1.58. The molecule has 4 N–H and O–H groups in total. The molecule has 650 valence electrons. The zero-order valence-electron chi connectivity index (χ0n) is 71.5. The lowest BCUT2D eigenvalue weighted by Gasteiger charge is -2.21. The van der Waals surface area contributed by atoms with E-state index < -0.39 is 91.5 Å². The first-order valence-electron chi connectivity index (χ1n) is 45.1. The molecule has 0 fully saturated rings. The molecule has 0 saturated heterocycles. The van der Waals surface area contributed by atoms with Gasteiger partial charge in [-0.25, -0.2) is 9.13 Å². The van der Waals surface area contributed by atoms with E-state index in [0.29, 0.717) is 19.3 Å². The van der Waals surface area contributed by atoms with Crippen LogP contribution in [0.25, 0.3) is 0 Å². The Morgan fingerprint density at radius 2 is 0.469 bits per heavy atom. The van der Waals surface area contributed by atoms with Gasteiger partial charge >= 0.3 is 33.6 Å². The smallest absolute Gasteiger partial charge is 0.463 e. The molecule has 5 unspecified atom stereocenters. The Morgan fingerprint density at radius 1 is 0.257 bits per heavy atom. The standard InChI is InChI=1S/C95H164O16P2/c1-4-7-10-13-16-19-22-25-28-31-34-36-38-40-42-44-46-48-50-52-55-57-60-63-66-69-72-75-78-81-93(98)105-84-90(96)85-107-112(101,102)108-86-91(97)87-109-113(103,104)110-89-92(111-95(100)83-80-77-74-71-68-65-62-59-54-33-30-27-24-21-18-15-12-9-6-3)88-106-94(99)82-79-76-73-70-67-64-61-58-56-53-51-49-47-45-43-41-39-37-35-32-29-26-23-20-17-14-11-8-5-2/h9,12,16-21,25-30,34-37,40-43,54,59,90-92,96-97H,4-8,10-11,13-15,22-24,31-33,38-39,44-53,55-58,60-89H2,1-3H3,(H,101,102)(H,103,104)/b12-9-,19-16-,20-17-,21-18-,28-25-,29-26-,30-27-,36-34-,37-35-,42-40-,43-41-,59-54-. The third-order valence-electron chi connectivity index (χ3n) is 19.0. The second-order valence-electron chi connectivity index (χ2n) is 30.0. The zero-order chi connectivity index (χ0) is 82.2. The van der Waals surface area contributed by atoms with Gasteiger partial charge in [0.15, 0.2) is 6.10 Å². The number of aliphatic hydroxyl groups is 2. The first-order chi connectivity index (χ1) is 55.2. The highest BCUT2D eigenvalue weighted by molar-refractivity contribution is 7.47. The van der Waals surface area contributed by atoms with E-state index in [0.717, 1.165) is 161 Å². The Kier molecular flexibility index (Phi) is 83.3. The molecule has 0 aromatic carbocycles. The van der Waals surface area contributed by atoms with Crippen LogP contribution in [0.2, 0.25) is 0 Å². The first kappa shape index (κ1) is 108. The average Bonchev–Trinajstić information content (AvgIpc) is 0.899. The minimum Gasteiger partial charge on any atom is -0.463 e. The van der Waals surface area contributed by atoms with Crippen LogP contribution in [0.1, 0.15) is 380 Å². The monoisotopic (exact) mass is 1620 g/mol. The van der Waals surface area contributed by atoms with Crippen LogP contribution in [0.5, 0.6) is 0 Å². The normalized spacial score (nSPS) is 14.5. The van der Waals surface area contributed by atoms with Crippen molar-refractivity contribution in [2.45, 2.75) is 399 Å². The number of unbranched alkanes of at least 4 members (excludes halogenated alkanes) is 38. The van der Waals surface area contributed by atoms with Crippen LogP contribution in [-0.2, 0) is 55.8 Å². The van der Waals surface area contributed by atoms with Crippen molar-refractivity contribution in [2.24, 2.45) is 0 Å². The van der Waals surface area contributed by atoms with Crippen molar-refractivity contribution in [3.8, 4) is 0 Å². The summed E-state index contributed by atoms with van der Waals surface area (Å²) in [5, 5.41) is 20.7. The number of ether oxygens (including phenoxy) is 3. The van der Waals surface area contributed by atoms with Gasteiger partial charge in [0.2, 0.25) is 0 Å². The molecule has 113 heavy (non-hydrogen) atoms. The van der Waals surface area contributed by atoms with E-state index in [1.54, 1.807) is 0 Å². The molecule has 0 rings (SSSR count). The molecule has 0 heterocycles. The summed E-state index contributed by atoms with van der Waals surface area (Å²) in [6.45, 7) is 2.54. The number of carbonyl (C=O) groups excluding carboxylic acids is 3. The maximum atomic E-state index is 13.0. The predicted molar refractivity (Wildman–Crippen MR) is 473 cm³/mol. The molecule has 0 bridgehead atoms. The summed E-state index contributed by atoms with van der Waals surface area (Å²) in [6.07, 6.45) is 109. The van der Waals surface area contributed by atoms with E-state index >= 15 is 0 Å². The van der Waals surface area contributed by atoms with Crippen LogP contribution >= 0.6 is 15.6 Å². The van der Waals surface area contributed by atoms with Crippen molar-refractivity contribution >= 4 is 33.6 Å². The predicted octanol–water partition coefficient (Wildman–Crippen LogP) is 27.6. The summed E-state index contributed by atoms with van der Waals surface area (Å²) in [7, 11) is -9.81. The molecule has 0 spiro atoms. The molecule has 0 amide bonds. The number of rotatable bonds is 85. The van der Waals surface area contributed by atoms with E-state index in [1.807, 2.05) is 0 Å². The number of phosphoric ester groups is 2. The van der Waals surface area contributed by atoms with Gasteiger partial charge in [-0.3, -0.25) is 32.5 Å². The van der Waals surface area contributed by atoms with Crippen molar-refractivity contribution in [3.05, 3.63) is 146 Å². The highest BCUT2D eigenvalue weighted by Gasteiger charge is 2.29. The van der Waals surface area contributed by atoms with E-state index in [1.165, 1.54) is 161 Å². The van der Waals surface area contributed by atoms with Crippen LogP contribution in [0, 0.1) is 0 Å². The molecule has 0 aliphatic carbocycles. The summed E-state index contributed by atoms with van der Waals surface area (Å²) >= 11 is 0. The van der Waals surface area contributed by atoms with Crippen LogP contribution in [0.3, 0.4) is 0 Å². The van der Waals surface area contributed by atoms with Gasteiger partial charge in [-0.05, 0) is 148 Å². The van der Waals surface area contributed by atoms with Crippen LogP contribution in [0.15, 0.2) is 146 Å². The number of aliphatic hydroxyl groups excluding tert-OH is 2. The van der Waals surface area contributed by atoms with E-state index in [9.17, 15) is 43.5 Å². The summed E-state index contributed by atoms with van der Waals surface area (Å²) in [4.78, 5) is 58.9. The Labute approximate surface area is 689 Å². The lowest BCUT2D eigenvalue weighted by Crippen LogP contribution is -2.30. The largest absolute Gasteiger partial charge is 0.472 e. The maximum absolute atomic E-state index is 13.0. The molecule has 0 aromatic heterocycles. The van der Waals surface area contributed by atoms with E-state index in [2.05, 4.69) is 167 Å². The Bertz CT molecular complexity index is 2630. The molecule has 0 saturated carbocycles. The second kappa shape index (κ2) is 86.8. The lowest BCUT2D eigenvalue weighted by molar-refractivity contribution is -0.161. The van der Waals surface area contributed by atoms with Crippen LogP contribution in [0.4, 0.5) is 0 Å². The third kappa shape index (κ3) is 88.1. The van der Waals surface area contributed by atoms with Crippen molar-refractivity contribution < 1.29 is 75.8 Å². The molecule has 0 radical (unpaired) electrons. The summed E-state index contributed by atoms with van der Waals surface area (Å²) < 4.78 is 61.4. The summed E-state index contributed by atoms with van der Waals surface area (Å²) in [6, 6.07) is 0. The SMILES string of the molecule is CC/C=C\C/C=C\C/C=C\C/C=C\CCCCCCCCC(=O)OC(COC(=O)CCCCCCCCCCCCCCC/C=C\C/C=C\C/C=C\C/C=C\CCCCC)COP(=O)(O)OCC(O)COP(=O)(O)OCC(O)COC(=O)CCCCCCCCCCCCCCC/C=C\C/C=C\C/C=C\C/C=C\CCCCC. The maximum Gasteiger partial charge on any atom is 0.472 e. The second-order valence-corrected chi connectivity index (χ2v) is 32.9. The molecule has 0 aromatic rings. The zero-order valence-corrected chi connectivity index (χ0v) is 73.3. The van der Waals surface area contributed by atoms with Gasteiger partial charge in [0.05, 0.1) is 26.4 Å². The van der Waals surface area contributed by atoms with Gasteiger partial charge in [-0.2, -0.15) is 0 Å². The third-order valence-corrected chi connectivity index (χ3v) is 20.9. The Hall–Kier alpha value is -4.57. The minimum absolute atomic E-state index is 0.0855. The number of hydrogen-bond donors (Lipinski definition) is 4. The van der Waals surface area contributed by atoms with Crippen LogP contribution < -0.4 is 0 Å². The van der Waals surface area contributed by atoms with Crippen molar-refractivity contribution in [2.75, 3.05) is 39.6 Å². The van der Waals surface area contributed by atoms with Gasteiger partial charge in [-0.15, -0.1) is 0 Å². The number of carbonyl (C=O) groups is 3. The first-order valence-corrected chi connectivity index (χ1v) is 48.1.